The minimum atomic E-state index is 0.352. The fourth-order valence-electron chi connectivity index (χ4n) is 2.70. The summed E-state index contributed by atoms with van der Waals surface area (Å²) in [6.45, 7) is 4.39. The maximum atomic E-state index is 5.86. The first-order valence-electron chi connectivity index (χ1n) is 8.28. The van der Waals surface area contributed by atoms with Gasteiger partial charge in [0.05, 0.1) is 30.0 Å². The lowest BCUT2D eigenvalue weighted by Gasteiger charge is -2.08. The van der Waals surface area contributed by atoms with Crippen molar-refractivity contribution in [1.29, 1.82) is 0 Å². The van der Waals surface area contributed by atoms with Gasteiger partial charge < -0.3 is 4.74 Å². The van der Waals surface area contributed by atoms with E-state index < -0.39 is 0 Å². The van der Waals surface area contributed by atoms with E-state index in [1.165, 1.54) is 0 Å². The molecule has 130 valence electrons. The molecule has 0 aliphatic rings. The van der Waals surface area contributed by atoms with Crippen LogP contribution >= 0.6 is 0 Å². The number of aromatic nitrogens is 6. The molecule has 4 aromatic rings. The maximum absolute atomic E-state index is 5.86. The van der Waals surface area contributed by atoms with E-state index in [4.69, 9.17) is 4.74 Å². The Hall–Kier alpha value is -3.48. The molecular weight excluding hydrogens is 328 g/mol. The molecule has 0 N–H and O–H groups in total. The van der Waals surface area contributed by atoms with Gasteiger partial charge in [-0.05, 0) is 49.2 Å². The van der Waals surface area contributed by atoms with Crippen molar-refractivity contribution < 1.29 is 4.74 Å². The molecule has 0 bridgehead atoms. The zero-order chi connectivity index (χ0) is 17.9. The van der Waals surface area contributed by atoms with Crippen molar-refractivity contribution in [1.82, 2.24) is 30.0 Å². The van der Waals surface area contributed by atoms with E-state index >= 15 is 0 Å². The Morgan fingerprint density at radius 3 is 2.38 bits per heavy atom. The molecule has 2 aromatic carbocycles. The minimum Gasteiger partial charge on any atom is -0.487 e. The van der Waals surface area contributed by atoms with Gasteiger partial charge in [-0.25, -0.2) is 0 Å². The predicted molar refractivity (Wildman–Crippen MR) is 96.5 cm³/mol. The Kier molecular flexibility index (Phi) is 4.18. The van der Waals surface area contributed by atoms with E-state index in [2.05, 4.69) is 20.4 Å². The highest BCUT2D eigenvalue weighted by Gasteiger charge is 2.08. The van der Waals surface area contributed by atoms with E-state index in [0.717, 1.165) is 33.9 Å². The average molecular weight is 346 g/mol. The highest BCUT2D eigenvalue weighted by molar-refractivity contribution is 5.43. The van der Waals surface area contributed by atoms with Gasteiger partial charge in [-0.1, -0.05) is 18.2 Å². The Labute approximate surface area is 150 Å². The molecule has 0 fully saturated rings. The zero-order valence-corrected chi connectivity index (χ0v) is 14.6. The summed E-state index contributed by atoms with van der Waals surface area (Å²) in [5, 5.41) is 17.1. The van der Waals surface area contributed by atoms with Gasteiger partial charge in [0, 0.05) is 0 Å². The Bertz CT molecular complexity index is 1020. The van der Waals surface area contributed by atoms with Gasteiger partial charge in [0.25, 0.3) is 0 Å². The standard InChI is InChI=1S/C19H18N6O/c1-14-5-3-4-6-18(14)25-22-12-16(23-25)13-26-17-7-8-19(15(2)11-17)24-20-9-10-21-24/h3-12H,13H2,1-2H3. The summed E-state index contributed by atoms with van der Waals surface area (Å²) in [6, 6.07) is 13.8. The third-order valence-electron chi connectivity index (χ3n) is 4.06. The van der Waals surface area contributed by atoms with Crippen LogP contribution in [0.15, 0.2) is 61.1 Å². The van der Waals surface area contributed by atoms with E-state index in [1.54, 1.807) is 28.2 Å². The molecule has 0 aliphatic heterocycles. The zero-order valence-electron chi connectivity index (χ0n) is 14.6. The molecule has 7 heteroatoms. The van der Waals surface area contributed by atoms with E-state index in [9.17, 15) is 0 Å². The second kappa shape index (κ2) is 6.79. The molecule has 7 nitrogen and oxygen atoms in total. The van der Waals surface area contributed by atoms with Gasteiger partial charge in [0.1, 0.15) is 18.1 Å². The molecule has 0 saturated heterocycles. The SMILES string of the molecule is Cc1cc(OCc2cnn(-c3ccccc3C)n2)ccc1-n1nccn1. The van der Waals surface area contributed by atoms with Gasteiger partial charge in [0.15, 0.2) is 0 Å². The van der Waals surface area contributed by atoms with E-state index in [1.807, 2.05) is 56.3 Å². The quantitative estimate of drug-likeness (QED) is 0.555. The summed E-state index contributed by atoms with van der Waals surface area (Å²) in [5.41, 5.74) is 4.80. The Morgan fingerprint density at radius 1 is 0.846 bits per heavy atom. The van der Waals surface area contributed by atoms with Crippen LogP contribution in [0, 0.1) is 13.8 Å². The van der Waals surface area contributed by atoms with Crippen molar-refractivity contribution in [3.63, 3.8) is 0 Å². The molecule has 0 amide bonds. The van der Waals surface area contributed by atoms with Crippen LogP contribution in [0.3, 0.4) is 0 Å². The fraction of sp³-hybridized carbons (Fsp3) is 0.158. The fourth-order valence-corrected chi connectivity index (χ4v) is 2.70. The molecule has 26 heavy (non-hydrogen) atoms. The summed E-state index contributed by atoms with van der Waals surface area (Å²) in [5.74, 6) is 0.767. The molecule has 0 radical (unpaired) electrons. The molecule has 0 saturated carbocycles. The molecule has 2 aromatic heterocycles. The lowest BCUT2D eigenvalue weighted by molar-refractivity contribution is 0.300. The van der Waals surface area contributed by atoms with Crippen molar-refractivity contribution >= 4 is 0 Å². The van der Waals surface area contributed by atoms with Gasteiger partial charge in [0.2, 0.25) is 0 Å². The van der Waals surface area contributed by atoms with Crippen LogP contribution in [-0.4, -0.2) is 30.0 Å². The van der Waals surface area contributed by atoms with Crippen molar-refractivity contribution in [3.05, 3.63) is 77.9 Å². The summed E-state index contributed by atoms with van der Waals surface area (Å²) < 4.78 is 5.86. The van der Waals surface area contributed by atoms with Crippen molar-refractivity contribution in [2.24, 2.45) is 0 Å². The van der Waals surface area contributed by atoms with Gasteiger partial charge in [-0.15, -0.1) is 5.10 Å². The molecule has 0 spiro atoms. The first-order chi connectivity index (χ1) is 12.7. The monoisotopic (exact) mass is 346 g/mol. The normalized spacial score (nSPS) is 10.8. The highest BCUT2D eigenvalue weighted by Crippen LogP contribution is 2.20. The van der Waals surface area contributed by atoms with Crippen molar-refractivity contribution in [2.45, 2.75) is 20.5 Å². The largest absolute Gasteiger partial charge is 0.487 e. The summed E-state index contributed by atoms with van der Waals surface area (Å²) in [6.07, 6.45) is 5.03. The third-order valence-corrected chi connectivity index (χ3v) is 4.06. The number of ether oxygens (including phenoxy) is 1. The molecular formula is C19H18N6O. The average Bonchev–Trinajstić information content (AvgIpc) is 3.32. The summed E-state index contributed by atoms with van der Waals surface area (Å²) >= 11 is 0. The summed E-state index contributed by atoms with van der Waals surface area (Å²) in [4.78, 5) is 3.22. The third kappa shape index (κ3) is 3.19. The van der Waals surface area contributed by atoms with Crippen LogP contribution in [0.2, 0.25) is 0 Å². The van der Waals surface area contributed by atoms with Crippen molar-refractivity contribution in [2.75, 3.05) is 0 Å². The number of aryl methyl sites for hydroxylation is 2. The number of benzene rings is 2. The first-order valence-corrected chi connectivity index (χ1v) is 8.28. The molecule has 2 heterocycles. The lowest BCUT2D eigenvalue weighted by Crippen LogP contribution is -2.03. The van der Waals surface area contributed by atoms with Crippen LogP contribution in [0.25, 0.3) is 11.4 Å². The van der Waals surface area contributed by atoms with Gasteiger partial charge in [-0.2, -0.15) is 24.9 Å². The Morgan fingerprint density at radius 2 is 1.62 bits per heavy atom. The van der Waals surface area contributed by atoms with E-state index in [0.29, 0.717) is 6.61 Å². The topological polar surface area (TPSA) is 70.7 Å². The van der Waals surface area contributed by atoms with Crippen LogP contribution < -0.4 is 4.74 Å². The van der Waals surface area contributed by atoms with Crippen LogP contribution in [0.1, 0.15) is 16.8 Å². The first kappa shape index (κ1) is 16.0. The number of hydrogen-bond donors (Lipinski definition) is 0. The molecule has 4 rings (SSSR count). The van der Waals surface area contributed by atoms with Gasteiger partial charge >= 0.3 is 0 Å². The summed E-state index contributed by atoms with van der Waals surface area (Å²) in [7, 11) is 0. The van der Waals surface area contributed by atoms with E-state index in [-0.39, 0.29) is 0 Å². The minimum absolute atomic E-state index is 0.352. The number of nitrogens with zero attached hydrogens (tertiary/aromatic N) is 6. The second-order valence-electron chi connectivity index (χ2n) is 5.97. The molecule has 0 atom stereocenters. The molecule has 0 aliphatic carbocycles. The van der Waals surface area contributed by atoms with Crippen molar-refractivity contribution in [3.8, 4) is 17.1 Å². The van der Waals surface area contributed by atoms with Crippen LogP contribution in [0.5, 0.6) is 5.75 Å². The predicted octanol–water partition coefficient (Wildman–Crippen LogP) is 3.04. The Balaban J connectivity index is 1.47. The highest BCUT2D eigenvalue weighted by atomic mass is 16.5. The smallest absolute Gasteiger partial charge is 0.134 e. The second-order valence-corrected chi connectivity index (χ2v) is 5.97. The van der Waals surface area contributed by atoms with Crippen LogP contribution in [-0.2, 0) is 6.61 Å². The molecule has 0 unspecified atom stereocenters. The van der Waals surface area contributed by atoms with Gasteiger partial charge in [-0.3, -0.25) is 0 Å². The number of hydrogen-bond acceptors (Lipinski definition) is 5. The number of rotatable bonds is 5. The van der Waals surface area contributed by atoms with Crippen LogP contribution in [0.4, 0.5) is 0 Å². The number of para-hydroxylation sites is 1. The maximum Gasteiger partial charge on any atom is 0.134 e. The lowest BCUT2D eigenvalue weighted by atomic mass is 10.2.